The molecule has 2 aromatic rings. The summed E-state index contributed by atoms with van der Waals surface area (Å²) in [5.74, 6) is 0.530. The Kier molecular flexibility index (Phi) is 3.65. The van der Waals surface area contributed by atoms with Crippen LogP contribution in [0, 0.1) is 6.92 Å². The Morgan fingerprint density at radius 2 is 1.94 bits per heavy atom. The zero-order chi connectivity index (χ0) is 12.4. The maximum atomic E-state index is 10.2. The molecular weight excluding hydrogens is 228 g/mol. The number of thiophene rings is 1. The number of aliphatic hydroxyl groups is 1. The molecule has 1 atom stereocenters. The van der Waals surface area contributed by atoms with Gasteiger partial charge < -0.3 is 5.11 Å². The van der Waals surface area contributed by atoms with E-state index in [4.69, 9.17) is 0 Å². The first kappa shape index (κ1) is 12.3. The summed E-state index contributed by atoms with van der Waals surface area (Å²) in [6, 6.07) is 10.2. The highest BCUT2D eigenvalue weighted by Gasteiger charge is 2.13. The fourth-order valence-corrected chi connectivity index (χ4v) is 2.86. The van der Waals surface area contributed by atoms with Gasteiger partial charge in [0.25, 0.3) is 0 Å². The van der Waals surface area contributed by atoms with Gasteiger partial charge in [0, 0.05) is 4.88 Å². The summed E-state index contributed by atoms with van der Waals surface area (Å²) in [6.45, 7) is 6.50. The molecule has 1 heterocycles. The van der Waals surface area contributed by atoms with Gasteiger partial charge in [-0.3, -0.25) is 0 Å². The van der Waals surface area contributed by atoms with Crippen molar-refractivity contribution in [2.45, 2.75) is 32.8 Å². The Morgan fingerprint density at radius 3 is 2.47 bits per heavy atom. The van der Waals surface area contributed by atoms with Gasteiger partial charge in [-0.25, -0.2) is 0 Å². The lowest BCUT2D eigenvalue weighted by molar-refractivity contribution is 0.224. The molecule has 1 aromatic carbocycles. The number of rotatable bonds is 3. The van der Waals surface area contributed by atoms with E-state index < -0.39 is 6.10 Å². The van der Waals surface area contributed by atoms with Crippen molar-refractivity contribution in [1.82, 2.24) is 0 Å². The lowest BCUT2D eigenvalue weighted by Crippen LogP contribution is -2.00. The topological polar surface area (TPSA) is 20.2 Å². The lowest BCUT2D eigenvalue weighted by Gasteiger charge is -2.14. The van der Waals surface area contributed by atoms with Gasteiger partial charge in [0.1, 0.15) is 6.10 Å². The summed E-state index contributed by atoms with van der Waals surface area (Å²) in [6.07, 6.45) is -0.491. The monoisotopic (exact) mass is 246 g/mol. The van der Waals surface area contributed by atoms with Gasteiger partial charge in [0.05, 0.1) is 0 Å². The molecule has 0 saturated heterocycles. The summed E-state index contributed by atoms with van der Waals surface area (Å²) in [5.41, 5.74) is 3.59. The number of benzene rings is 1. The van der Waals surface area contributed by atoms with Crippen LogP contribution in [0.2, 0.25) is 0 Å². The van der Waals surface area contributed by atoms with Crippen LogP contribution in [0.4, 0.5) is 0 Å². The highest BCUT2D eigenvalue weighted by molar-refractivity contribution is 7.10. The molecule has 17 heavy (non-hydrogen) atoms. The Bertz CT molecular complexity index is 486. The maximum absolute atomic E-state index is 10.2. The van der Waals surface area contributed by atoms with Crippen molar-refractivity contribution >= 4 is 11.3 Å². The second-order valence-corrected chi connectivity index (χ2v) is 5.67. The van der Waals surface area contributed by atoms with Gasteiger partial charge in [-0.15, -0.1) is 11.3 Å². The van der Waals surface area contributed by atoms with Gasteiger partial charge in [-0.2, -0.15) is 0 Å². The zero-order valence-corrected chi connectivity index (χ0v) is 11.3. The minimum absolute atomic E-state index is 0.491. The largest absolute Gasteiger partial charge is 0.383 e. The molecule has 0 saturated carbocycles. The molecule has 0 aliphatic carbocycles. The molecule has 0 radical (unpaired) electrons. The minimum atomic E-state index is -0.491. The van der Waals surface area contributed by atoms with Crippen LogP contribution in [0.5, 0.6) is 0 Å². The molecule has 1 N–H and O–H groups in total. The van der Waals surface area contributed by atoms with E-state index >= 15 is 0 Å². The summed E-state index contributed by atoms with van der Waals surface area (Å²) < 4.78 is 0. The van der Waals surface area contributed by atoms with Crippen molar-refractivity contribution < 1.29 is 5.11 Å². The number of hydrogen-bond acceptors (Lipinski definition) is 2. The van der Waals surface area contributed by atoms with Crippen LogP contribution in [0.25, 0.3) is 0 Å². The number of hydrogen-bond donors (Lipinski definition) is 1. The van der Waals surface area contributed by atoms with Crippen molar-refractivity contribution in [3.63, 3.8) is 0 Å². The van der Waals surface area contributed by atoms with Gasteiger partial charge in [0.15, 0.2) is 0 Å². The third kappa shape index (κ3) is 2.59. The average molecular weight is 246 g/mol. The van der Waals surface area contributed by atoms with E-state index in [0.717, 1.165) is 10.4 Å². The molecule has 1 aromatic heterocycles. The highest BCUT2D eigenvalue weighted by Crippen LogP contribution is 2.28. The third-order valence-electron chi connectivity index (χ3n) is 3.04. The van der Waals surface area contributed by atoms with Gasteiger partial charge in [-0.1, -0.05) is 38.1 Å². The van der Waals surface area contributed by atoms with Crippen LogP contribution in [0.1, 0.15) is 47.4 Å². The molecular formula is C15H18OS. The predicted molar refractivity (Wildman–Crippen MR) is 73.6 cm³/mol. The molecule has 0 spiro atoms. The van der Waals surface area contributed by atoms with Crippen LogP contribution >= 0.6 is 11.3 Å². The summed E-state index contributed by atoms with van der Waals surface area (Å²) in [7, 11) is 0. The van der Waals surface area contributed by atoms with E-state index in [0.29, 0.717) is 5.92 Å². The average Bonchev–Trinajstić information content (AvgIpc) is 2.80. The number of aliphatic hydroxyl groups excluding tert-OH is 1. The van der Waals surface area contributed by atoms with E-state index in [1.165, 1.54) is 11.1 Å². The van der Waals surface area contributed by atoms with Crippen molar-refractivity contribution in [3.8, 4) is 0 Å². The fourth-order valence-electron chi connectivity index (χ4n) is 2.13. The fraction of sp³-hybridized carbons (Fsp3) is 0.333. The van der Waals surface area contributed by atoms with Crippen LogP contribution < -0.4 is 0 Å². The van der Waals surface area contributed by atoms with Gasteiger partial charge in [0.2, 0.25) is 0 Å². The van der Waals surface area contributed by atoms with E-state index in [2.05, 4.69) is 32.9 Å². The van der Waals surface area contributed by atoms with Gasteiger partial charge >= 0.3 is 0 Å². The molecule has 0 amide bonds. The van der Waals surface area contributed by atoms with Crippen molar-refractivity contribution in [1.29, 1.82) is 0 Å². The maximum Gasteiger partial charge on any atom is 0.113 e. The Labute approximate surface area is 107 Å². The van der Waals surface area contributed by atoms with Crippen LogP contribution in [0.3, 0.4) is 0 Å². The van der Waals surface area contributed by atoms with Crippen molar-refractivity contribution in [2.24, 2.45) is 0 Å². The molecule has 2 rings (SSSR count). The Balaban J connectivity index is 2.32. The summed E-state index contributed by atoms with van der Waals surface area (Å²) >= 11 is 1.59. The van der Waals surface area contributed by atoms with Crippen LogP contribution in [-0.2, 0) is 0 Å². The standard InChI is InChI=1S/C15H18OS/c1-10(2)13-7-6-12(9-11(13)3)15(16)14-5-4-8-17-14/h4-10,15-16H,1-3H3. The Morgan fingerprint density at radius 1 is 1.18 bits per heavy atom. The molecule has 90 valence electrons. The van der Waals surface area contributed by atoms with E-state index in [9.17, 15) is 5.11 Å². The molecule has 0 aliphatic heterocycles. The molecule has 1 nitrogen and oxygen atoms in total. The first-order valence-corrected chi connectivity index (χ1v) is 6.79. The SMILES string of the molecule is Cc1cc(C(O)c2cccs2)ccc1C(C)C. The first-order valence-electron chi connectivity index (χ1n) is 5.91. The molecule has 0 bridgehead atoms. The molecule has 0 aliphatic rings. The summed E-state index contributed by atoms with van der Waals surface area (Å²) in [5, 5.41) is 12.2. The minimum Gasteiger partial charge on any atom is -0.383 e. The second-order valence-electron chi connectivity index (χ2n) is 4.69. The molecule has 2 heteroatoms. The Hall–Kier alpha value is -1.12. The highest BCUT2D eigenvalue weighted by atomic mass is 32.1. The zero-order valence-electron chi connectivity index (χ0n) is 10.5. The molecule has 1 unspecified atom stereocenters. The van der Waals surface area contributed by atoms with E-state index in [1.54, 1.807) is 11.3 Å². The lowest BCUT2D eigenvalue weighted by atomic mass is 9.94. The quantitative estimate of drug-likeness (QED) is 0.858. The van der Waals surface area contributed by atoms with Crippen molar-refractivity contribution in [3.05, 3.63) is 57.3 Å². The van der Waals surface area contributed by atoms with Gasteiger partial charge in [-0.05, 0) is 41.0 Å². The van der Waals surface area contributed by atoms with E-state index in [-0.39, 0.29) is 0 Å². The second kappa shape index (κ2) is 5.03. The third-order valence-corrected chi connectivity index (χ3v) is 3.97. The number of aryl methyl sites for hydroxylation is 1. The van der Waals surface area contributed by atoms with E-state index in [1.807, 2.05) is 23.6 Å². The smallest absolute Gasteiger partial charge is 0.113 e. The summed E-state index contributed by atoms with van der Waals surface area (Å²) in [4.78, 5) is 1.00. The van der Waals surface area contributed by atoms with Crippen LogP contribution in [0.15, 0.2) is 35.7 Å². The normalized spacial score (nSPS) is 13.0. The predicted octanol–water partition coefficient (Wildman–Crippen LogP) is 4.26. The van der Waals surface area contributed by atoms with Crippen LogP contribution in [-0.4, -0.2) is 5.11 Å². The molecule has 0 fully saturated rings. The first-order chi connectivity index (χ1) is 8.09. The van der Waals surface area contributed by atoms with Crippen molar-refractivity contribution in [2.75, 3.05) is 0 Å².